The Morgan fingerprint density at radius 1 is 1.27 bits per heavy atom. The van der Waals surface area contributed by atoms with Crippen LogP contribution in [0, 0.1) is 13.8 Å². The third-order valence-corrected chi connectivity index (χ3v) is 5.70. The lowest BCUT2D eigenvalue weighted by atomic mass is 10.1. The van der Waals surface area contributed by atoms with E-state index in [-0.39, 0.29) is 17.2 Å². The molecule has 0 saturated carbocycles. The number of amides is 2. The van der Waals surface area contributed by atoms with Gasteiger partial charge in [-0.05, 0) is 55.7 Å². The molecule has 1 saturated heterocycles. The van der Waals surface area contributed by atoms with E-state index < -0.39 is 5.38 Å². The smallest absolute Gasteiger partial charge is 0.242 e. The number of carbonyl (C=O) groups excluding carboxylic acids is 2. The Morgan fingerprint density at radius 3 is 2.77 bits per heavy atom. The third-order valence-electron chi connectivity index (χ3n) is 4.29. The number of alkyl halides is 1. The highest BCUT2D eigenvalue weighted by atomic mass is 35.5. The lowest BCUT2D eigenvalue weighted by Crippen LogP contribution is -2.28. The van der Waals surface area contributed by atoms with Crippen molar-refractivity contribution >= 4 is 46.6 Å². The van der Waals surface area contributed by atoms with Gasteiger partial charge in [-0.3, -0.25) is 14.5 Å². The summed E-state index contributed by atoms with van der Waals surface area (Å²) in [5.41, 5.74) is 4.78. The fourth-order valence-electron chi connectivity index (χ4n) is 2.92. The number of carbonyl (C=O) groups is 2. The molecule has 0 spiro atoms. The Morgan fingerprint density at radius 2 is 2.04 bits per heavy atom. The molecule has 0 bridgehead atoms. The van der Waals surface area contributed by atoms with Crippen molar-refractivity contribution in [3.05, 3.63) is 59.2 Å². The Labute approximate surface area is 162 Å². The zero-order valence-electron chi connectivity index (χ0n) is 15.0. The van der Waals surface area contributed by atoms with E-state index >= 15 is 0 Å². The van der Waals surface area contributed by atoms with E-state index in [0.717, 1.165) is 22.4 Å². The van der Waals surface area contributed by atoms with Crippen LogP contribution in [0.1, 0.15) is 29.0 Å². The van der Waals surface area contributed by atoms with Crippen LogP contribution in [0.5, 0.6) is 0 Å². The van der Waals surface area contributed by atoms with Crippen LogP contribution in [0.15, 0.2) is 42.5 Å². The van der Waals surface area contributed by atoms with Gasteiger partial charge in [0.15, 0.2) is 0 Å². The van der Waals surface area contributed by atoms with Crippen LogP contribution in [-0.4, -0.2) is 22.9 Å². The maximum atomic E-state index is 12.6. The largest absolute Gasteiger partial charge is 0.325 e. The maximum absolute atomic E-state index is 12.6. The third kappa shape index (κ3) is 3.89. The lowest BCUT2D eigenvalue weighted by Gasteiger charge is -2.26. The Kier molecular flexibility index (Phi) is 5.58. The predicted molar refractivity (Wildman–Crippen MR) is 109 cm³/mol. The second kappa shape index (κ2) is 7.72. The van der Waals surface area contributed by atoms with Gasteiger partial charge < -0.3 is 5.32 Å². The monoisotopic (exact) mass is 388 g/mol. The van der Waals surface area contributed by atoms with E-state index in [1.165, 1.54) is 0 Å². The van der Waals surface area contributed by atoms with Crippen molar-refractivity contribution in [2.24, 2.45) is 0 Å². The fourth-order valence-corrected chi connectivity index (χ4v) is 4.14. The van der Waals surface area contributed by atoms with Crippen LogP contribution in [-0.2, 0) is 9.59 Å². The Bertz CT molecular complexity index is 853. The summed E-state index contributed by atoms with van der Waals surface area (Å²) in [5, 5.41) is 2.09. The molecule has 2 aromatic carbocycles. The van der Waals surface area contributed by atoms with Crippen LogP contribution in [0.2, 0.25) is 0 Å². The zero-order chi connectivity index (χ0) is 18.8. The summed E-state index contributed by atoms with van der Waals surface area (Å²) in [7, 11) is 0. The topological polar surface area (TPSA) is 49.4 Å². The highest BCUT2D eigenvalue weighted by Gasteiger charge is 2.35. The minimum atomic E-state index is -0.604. The maximum Gasteiger partial charge on any atom is 0.242 e. The normalized spacial score (nSPS) is 18.1. The molecule has 6 heteroatoms. The number of anilines is 2. The second-order valence-electron chi connectivity index (χ2n) is 6.45. The molecular weight excluding hydrogens is 368 g/mol. The molecule has 4 nitrogen and oxygen atoms in total. The average Bonchev–Trinajstić information content (AvgIpc) is 2.98. The van der Waals surface area contributed by atoms with Crippen molar-refractivity contribution < 1.29 is 9.59 Å². The molecule has 26 heavy (non-hydrogen) atoms. The number of rotatable bonds is 4. The number of thioether (sulfide) groups is 1. The van der Waals surface area contributed by atoms with Crippen LogP contribution in [0.25, 0.3) is 0 Å². The minimum Gasteiger partial charge on any atom is -0.325 e. The number of nitrogens with zero attached hydrogens (tertiary/aromatic N) is 1. The number of aryl methyl sites for hydroxylation is 2. The zero-order valence-corrected chi connectivity index (χ0v) is 16.5. The van der Waals surface area contributed by atoms with Crippen LogP contribution in [0.4, 0.5) is 11.4 Å². The molecule has 1 heterocycles. The number of hydrogen-bond acceptors (Lipinski definition) is 3. The molecule has 136 valence electrons. The van der Waals surface area contributed by atoms with Crippen molar-refractivity contribution in [3.8, 4) is 0 Å². The molecule has 1 N–H and O–H groups in total. The van der Waals surface area contributed by atoms with Gasteiger partial charge in [-0.1, -0.05) is 24.3 Å². The first kappa shape index (κ1) is 18.8. The summed E-state index contributed by atoms with van der Waals surface area (Å²) in [5.74, 6) is 0.288. The van der Waals surface area contributed by atoms with Crippen LogP contribution < -0.4 is 10.2 Å². The standard InChI is InChI=1S/C20H21ClN2O2S/c1-12-7-8-13(2)17(9-12)23-18(24)11-26-20(23)15-5-4-6-16(10-15)22-19(25)14(3)21/h4-10,14,20H,11H2,1-3H3,(H,22,25). The molecule has 3 rings (SSSR count). The molecule has 2 atom stereocenters. The van der Waals surface area contributed by atoms with E-state index in [4.69, 9.17) is 11.6 Å². The lowest BCUT2D eigenvalue weighted by molar-refractivity contribution is -0.116. The molecule has 0 radical (unpaired) electrons. The number of halogens is 1. The highest BCUT2D eigenvalue weighted by molar-refractivity contribution is 8.00. The first-order valence-electron chi connectivity index (χ1n) is 8.42. The molecule has 0 aromatic heterocycles. The molecule has 1 aliphatic rings. The molecule has 1 fully saturated rings. The van der Waals surface area contributed by atoms with E-state index in [1.807, 2.05) is 61.2 Å². The summed E-state index contributed by atoms with van der Waals surface area (Å²) in [6.07, 6.45) is 0. The Hall–Kier alpha value is -1.98. The van der Waals surface area contributed by atoms with Gasteiger partial charge in [0.1, 0.15) is 10.8 Å². The summed E-state index contributed by atoms with van der Waals surface area (Å²) >= 11 is 7.42. The van der Waals surface area contributed by atoms with Gasteiger partial charge >= 0.3 is 0 Å². The minimum absolute atomic E-state index is 0.0949. The van der Waals surface area contributed by atoms with E-state index in [2.05, 4.69) is 5.32 Å². The number of hydrogen-bond donors (Lipinski definition) is 1. The highest BCUT2D eigenvalue weighted by Crippen LogP contribution is 2.43. The summed E-state index contributed by atoms with van der Waals surface area (Å²) in [6, 6.07) is 13.7. The van der Waals surface area contributed by atoms with Gasteiger partial charge in [0.05, 0.1) is 5.75 Å². The fraction of sp³-hybridized carbons (Fsp3) is 0.300. The van der Waals surface area contributed by atoms with Gasteiger partial charge in [-0.15, -0.1) is 23.4 Å². The van der Waals surface area contributed by atoms with Gasteiger partial charge in [-0.2, -0.15) is 0 Å². The van der Waals surface area contributed by atoms with Crippen molar-refractivity contribution in [2.75, 3.05) is 16.0 Å². The van der Waals surface area contributed by atoms with Crippen molar-refractivity contribution in [1.82, 2.24) is 0 Å². The number of nitrogens with one attached hydrogen (secondary N) is 1. The van der Waals surface area contributed by atoms with E-state index in [0.29, 0.717) is 11.4 Å². The van der Waals surface area contributed by atoms with E-state index in [9.17, 15) is 9.59 Å². The SMILES string of the molecule is Cc1ccc(C)c(N2C(=O)CSC2c2cccc(NC(=O)C(C)Cl)c2)c1. The first-order chi connectivity index (χ1) is 12.4. The molecule has 2 unspecified atom stereocenters. The molecular formula is C20H21ClN2O2S. The van der Waals surface area contributed by atoms with Crippen LogP contribution >= 0.6 is 23.4 Å². The van der Waals surface area contributed by atoms with Gasteiger partial charge in [0, 0.05) is 11.4 Å². The predicted octanol–water partition coefficient (Wildman–Crippen LogP) is 4.65. The summed E-state index contributed by atoms with van der Waals surface area (Å²) in [6.45, 7) is 5.67. The molecule has 2 aromatic rings. The second-order valence-corrected chi connectivity index (χ2v) is 8.17. The summed E-state index contributed by atoms with van der Waals surface area (Å²) in [4.78, 5) is 26.3. The van der Waals surface area contributed by atoms with Gasteiger partial charge in [-0.25, -0.2) is 0 Å². The molecule has 2 amide bonds. The van der Waals surface area contributed by atoms with Gasteiger partial charge in [0.25, 0.3) is 0 Å². The number of benzene rings is 2. The molecule has 1 aliphatic heterocycles. The van der Waals surface area contributed by atoms with Crippen molar-refractivity contribution in [3.63, 3.8) is 0 Å². The van der Waals surface area contributed by atoms with Gasteiger partial charge in [0.2, 0.25) is 11.8 Å². The van der Waals surface area contributed by atoms with Crippen molar-refractivity contribution in [2.45, 2.75) is 31.5 Å². The quantitative estimate of drug-likeness (QED) is 0.775. The van der Waals surface area contributed by atoms with Crippen LogP contribution in [0.3, 0.4) is 0 Å². The Balaban J connectivity index is 1.94. The molecule has 0 aliphatic carbocycles. The van der Waals surface area contributed by atoms with Crippen molar-refractivity contribution in [1.29, 1.82) is 0 Å². The van der Waals surface area contributed by atoms with E-state index in [1.54, 1.807) is 18.7 Å². The summed E-state index contributed by atoms with van der Waals surface area (Å²) < 4.78 is 0. The average molecular weight is 389 g/mol. The first-order valence-corrected chi connectivity index (χ1v) is 9.91.